The van der Waals surface area contributed by atoms with Crippen molar-refractivity contribution in [2.45, 2.75) is 0 Å². The Morgan fingerprint density at radius 1 is 1.16 bits per heavy atom. The van der Waals surface area contributed by atoms with Crippen molar-refractivity contribution in [3.63, 3.8) is 0 Å². The molecule has 0 fully saturated rings. The van der Waals surface area contributed by atoms with Crippen LogP contribution in [0.5, 0.6) is 0 Å². The third-order valence-corrected chi connectivity index (χ3v) is 3.12. The Hall–Kier alpha value is -2.27. The molecule has 3 nitrogen and oxygen atoms in total. The number of Topliss-reactive ketones (excluding diaryl/α,β-unsaturated/α-hetero) is 1. The third kappa shape index (κ3) is 1.70. The maximum atomic E-state index is 13.8. The minimum Gasteiger partial charge on any atom is -0.388 e. The molecule has 2 N–H and O–H groups in total. The lowest BCUT2D eigenvalue weighted by atomic mass is 10.1. The smallest absolute Gasteiger partial charge is 0.188 e. The fourth-order valence-electron chi connectivity index (χ4n) is 2.20. The highest BCUT2D eigenvalue weighted by Gasteiger charge is 2.14. The lowest BCUT2D eigenvalue weighted by Gasteiger charge is -1.98. The topological polar surface area (TPSA) is 53.1 Å². The number of carbonyl (C=O) groups excluding carboxylic acids is 1. The molecule has 0 radical (unpaired) electrons. The maximum Gasteiger partial charge on any atom is 0.188 e. The number of fused-ring (bicyclic) bond motifs is 3. The van der Waals surface area contributed by atoms with Crippen molar-refractivity contribution in [3.8, 4) is 0 Å². The quantitative estimate of drug-likeness (QED) is 0.697. The van der Waals surface area contributed by atoms with E-state index in [9.17, 15) is 13.6 Å². The maximum absolute atomic E-state index is 13.8. The molecular weight excluding hydrogens is 252 g/mol. The fraction of sp³-hybridized carbons (Fsp3) is 0.0714. The Morgan fingerprint density at radius 3 is 2.63 bits per heavy atom. The summed E-state index contributed by atoms with van der Waals surface area (Å²) in [5, 5.41) is 9.47. The van der Waals surface area contributed by atoms with Crippen molar-refractivity contribution < 1.29 is 18.7 Å². The van der Waals surface area contributed by atoms with Crippen LogP contribution in [-0.4, -0.2) is 22.5 Å². The zero-order valence-electron chi connectivity index (χ0n) is 9.71. The number of aliphatic hydroxyl groups is 1. The summed E-state index contributed by atoms with van der Waals surface area (Å²) < 4.78 is 27.4. The molecule has 0 atom stereocenters. The van der Waals surface area contributed by atoms with Crippen LogP contribution in [0, 0.1) is 11.6 Å². The number of hydrogen-bond acceptors (Lipinski definition) is 2. The minimum absolute atomic E-state index is 0.0728. The molecule has 0 aliphatic carbocycles. The monoisotopic (exact) mass is 261 g/mol. The lowest BCUT2D eigenvalue weighted by molar-refractivity contribution is 0.0904. The van der Waals surface area contributed by atoms with Gasteiger partial charge in [-0.25, -0.2) is 8.78 Å². The minimum atomic E-state index is -0.603. The molecule has 1 heterocycles. The van der Waals surface area contributed by atoms with E-state index in [0.717, 1.165) is 12.1 Å². The van der Waals surface area contributed by atoms with Gasteiger partial charge in [0.25, 0.3) is 0 Å². The summed E-state index contributed by atoms with van der Waals surface area (Å²) in [6.45, 7) is -0.603. The number of benzene rings is 2. The van der Waals surface area contributed by atoms with Crippen molar-refractivity contribution in [2.75, 3.05) is 6.61 Å². The third-order valence-electron chi connectivity index (χ3n) is 3.12. The van der Waals surface area contributed by atoms with E-state index in [1.807, 2.05) is 0 Å². The van der Waals surface area contributed by atoms with Crippen LogP contribution < -0.4 is 0 Å². The lowest BCUT2D eigenvalue weighted by Crippen LogP contribution is -2.03. The predicted octanol–water partition coefficient (Wildman–Crippen LogP) is 2.77. The molecule has 0 aliphatic rings. The van der Waals surface area contributed by atoms with Crippen molar-refractivity contribution in [2.24, 2.45) is 0 Å². The zero-order chi connectivity index (χ0) is 13.6. The molecule has 5 heteroatoms. The highest BCUT2D eigenvalue weighted by atomic mass is 19.1. The SMILES string of the molecule is O=C(CO)c1ccc2c(c1)[nH]c1c(F)ccc(F)c12. The van der Waals surface area contributed by atoms with Gasteiger partial charge in [0.15, 0.2) is 5.78 Å². The van der Waals surface area contributed by atoms with Gasteiger partial charge in [0, 0.05) is 21.9 Å². The van der Waals surface area contributed by atoms with Crippen molar-refractivity contribution in [1.29, 1.82) is 0 Å². The van der Waals surface area contributed by atoms with Gasteiger partial charge in [-0.15, -0.1) is 0 Å². The number of nitrogens with one attached hydrogen (secondary N) is 1. The van der Waals surface area contributed by atoms with Gasteiger partial charge in [0.1, 0.15) is 18.2 Å². The van der Waals surface area contributed by atoms with E-state index < -0.39 is 24.0 Å². The first-order chi connectivity index (χ1) is 9.11. The Kier molecular flexibility index (Phi) is 2.57. The summed E-state index contributed by atoms with van der Waals surface area (Å²) in [5.41, 5.74) is 0.823. The van der Waals surface area contributed by atoms with Gasteiger partial charge < -0.3 is 10.1 Å². The van der Waals surface area contributed by atoms with Crippen molar-refractivity contribution in [1.82, 2.24) is 4.98 Å². The highest BCUT2D eigenvalue weighted by molar-refractivity contribution is 6.10. The first-order valence-electron chi connectivity index (χ1n) is 5.65. The van der Waals surface area contributed by atoms with E-state index in [1.165, 1.54) is 12.1 Å². The molecule has 0 unspecified atom stereocenters. The summed E-state index contributed by atoms with van der Waals surface area (Å²) in [5.74, 6) is -1.52. The van der Waals surface area contributed by atoms with Crippen LogP contribution in [0.2, 0.25) is 0 Å². The fourth-order valence-corrected chi connectivity index (χ4v) is 2.20. The molecule has 0 amide bonds. The van der Waals surface area contributed by atoms with E-state index in [1.54, 1.807) is 6.07 Å². The molecule has 3 rings (SSSR count). The second kappa shape index (κ2) is 4.13. The van der Waals surface area contributed by atoms with E-state index in [4.69, 9.17) is 5.11 Å². The number of H-pyrrole nitrogens is 1. The number of carbonyl (C=O) groups is 1. The highest BCUT2D eigenvalue weighted by Crippen LogP contribution is 2.30. The van der Waals surface area contributed by atoms with Gasteiger partial charge in [0.05, 0.1) is 5.52 Å². The van der Waals surface area contributed by atoms with Crippen LogP contribution in [-0.2, 0) is 0 Å². The first kappa shape index (κ1) is 11.8. The van der Waals surface area contributed by atoms with E-state index in [-0.39, 0.29) is 10.9 Å². The number of hydrogen-bond donors (Lipinski definition) is 2. The Labute approximate surface area is 106 Å². The van der Waals surface area contributed by atoms with Crippen LogP contribution in [0.25, 0.3) is 21.8 Å². The van der Waals surface area contributed by atoms with Gasteiger partial charge in [-0.3, -0.25) is 4.79 Å². The number of ketones is 1. The largest absolute Gasteiger partial charge is 0.388 e. The predicted molar refractivity (Wildman–Crippen MR) is 67.1 cm³/mol. The van der Waals surface area contributed by atoms with Crippen LogP contribution >= 0.6 is 0 Å². The molecule has 96 valence electrons. The Morgan fingerprint density at radius 2 is 1.89 bits per heavy atom. The van der Waals surface area contributed by atoms with Crippen molar-refractivity contribution >= 4 is 27.6 Å². The number of aliphatic hydroxyl groups excluding tert-OH is 1. The van der Waals surface area contributed by atoms with Crippen LogP contribution in [0.1, 0.15) is 10.4 Å². The number of rotatable bonds is 2. The second-order valence-electron chi connectivity index (χ2n) is 4.25. The molecule has 0 bridgehead atoms. The zero-order valence-corrected chi connectivity index (χ0v) is 9.71. The normalized spacial score (nSPS) is 11.3. The average Bonchev–Trinajstić information content (AvgIpc) is 2.81. The summed E-state index contributed by atoms with van der Waals surface area (Å²) >= 11 is 0. The molecular formula is C14H9F2NO2. The summed E-state index contributed by atoms with van der Waals surface area (Å²) in [6, 6.07) is 6.62. The molecule has 0 saturated carbocycles. The van der Waals surface area contributed by atoms with Crippen molar-refractivity contribution in [3.05, 3.63) is 47.5 Å². The molecule has 0 saturated heterocycles. The molecule has 0 aliphatic heterocycles. The van der Waals surface area contributed by atoms with Crippen LogP contribution in [0.4, 0.5) is 8.78 Å². The number of aromatic amines is 1. The first-order valence-corrected chi connectivity index (χ1v) is 5.65. The Bertz CT molecular complexity index is 808. The molecule has 3 aromatic rings. The summed E-state index contributed by atoms with van der Waals surface area (Å²) in [4.78, 5) is 14.2. The molecule has 19 heavy (non-hydrogen) atoms. The molecule has 1 aromatic heterocycles. The van der Waals surface area contributed by atoms with Gasteiger partial charge in [0.2, 0.25) is 0 Å². The van der Waals surface area contributed by atoms with E-state index in [0.29, 0.717) is 16.5 Å². The second-order valence-corrected chi connectivity index (χ2v) is 4.25. The van der Waals surface area contributed by atoms with Gasteiger partial charge in [-0.05, 0) is 18.2 Å². The van der Waals surface area contributed by atoms with Gasteiger partial charge >= 0.3 is 0 Å². The Balaban J connectivity index is 2.37. The van der Waals surface area contributed by atoms with Gasteiger partial charge in [-0.1, -0.05) is 12.1 Å². The molecule has 0 spiro atoms. The standard InChI is InChI=1S/C14H9F2NO2/c15-9-3-4-10(16)14-13(9)8-2-1-7(12(19)6-18)5-11(8)17-14/h1-5,17-18H,6H2. The van der Waals surface area contributed by atoms with Crippen LogP contribution in [0.15, 0.2) is 30.3 Å². The number of halogens is 2. The molecule has 2 aromatic carbocycles. The summed E-state index contributed by atoms with van der Waals surface area (Å²) in [6.07, 6.45) is 0. The van der Waals surface area contributed by atoms with E-state index in [2.05, 4.69) is 4.98 Å². The average molecular weight is 261 g/mol. The number of aromatic nitrogens is 1. The summed E-state index contributed by atoms with van der Waals surface area (Å²) in [7, 11) is 0. The van der Waals surface area contributed by atoms with Gasteiger partial charge in [-0.2, -0.15) is 0 Å². The van der Waals surface area contributed by atoms with E-state index >= 15 is 0 Å². The van der Waals surface area contributed by atoms with Crippen LogP contribution in [0.3, 0.4) is 0 Å².